The van der Waals surface area contributed by atoms with E-state index in [1.807, 2.05) is 12.3 Å². The lowest BCUT2D eigenvalue weighted by Gasteiger charge is -2.34. The van der Waals surface area contributed by atoms with Crippen molar-refractivity contribution in [1.82, 2.24) is 4.98 Å². The number of hydrogen-bond donors (Lipinski definition) is 0. The molecule has 2 aromatic carbocycles. The lowest BCUT2D eigenvalue weighted by molar-refractivity contribution is 1.31. The van der Waals surface area contributed by atoms with Gasteiger partial charge in [-0.2, -0.15) is 0 Å². The number of benzene rings is 2. The average Bonchev–Trinajstić information content (AvgIpc) is 3.32. The molecule has 0 aliphatic carbocycles. The maximum absolute atomic E-state index is 4.74. The fourth-order valence-electron chi connectivity index (χ4n) is 4.14. The van der Waals surface area contributed by atoms with Crippen molar-refractivity contribution in [2.75, 3.05) is 9.62 Å². The lowest BCUT2D eigenvalue weighted by atomic mass is 9.61. The molecule has 0 bridgehead atoms. The van der Waals surface area contributed by atoms with Crippen LogP contribution in [0.15, 0.2) is 84.4 Å². The number of hydrogen-bond acceptors (Lipinski definition) is 4. The molecule has 0 N–H and O–H groups in total. The van der Waals surface area contributed by atoms with Crippen LogP contribution in [0.25, 0.3) is 10.6 Å². The van der Waals surface area contributed by atoms with E-state index in [0.29, 0.717) is 0 Å². The summed E-state index contributed by atoms with van der Waals surface area (Å²) in [5, 5.41) is 2.17. The van der Waals surface area contributed by atoms with E-state index in [0.717, 1.165) is 5.69 Å². The Morgan fingerprint density at radius 2 is 1.50 bits per heavy atom. The molecule has 122 valence electrons. The lowest BCUT2D eigenvalue weighted by Crippen LogP contribution is -2.55. The van der Waals surface area contributed by atoms with Crippen molar-refractivity contribution in [2.24, 2.45) is 0 Å². The van der Waals surface area contributed by atoms with Gasteiger partial charge in [0, 0.05) is 11.9 Å². The Bertz CT molecular complexity index is 1120. The highest BCUT2D eigenvalue weighted by Gasteiger charge is 2.48. The highest BCUT2D eigenvalue weighted by Crippen LogP contribution is 2.51. The second-order valence-electron chi connectivity index (χ2n) is 6.51. The van der Waals surface area contributed by atoms with Crippen molar-refractivity contribution < 1.29 is 0 Å². The quantitative estimate of drug-likeness (QED) is 0.459. The molecule has 4 heterocycles. The minimum atomic E-state index is 0.0839. The van der Waals surface area contributed by atoms with Crippen LogP contribution in [0.4, 0.5) is 22.7 Å². The van der Waals surface area contributed by atoms with Gasteiger partial charge in [0.15, 0.2) is 0 Å². The van der Waals surface area contributed by atoms with Crippen LogP contribution in [-0.2, 0) is 0 Å². The molecule has 2 aliphatic rings. The number of thiophene rings is 1. The van der Waals surface area contributed by atoms with Crippen LogP contribution >= 0.6 is 11.3 Å². The molecule has 3 nitrogen and oxygen atoms in total. The molecule has 0 saturated carbocycles. The molecular weight excluding hydrogens is 337 g/mol. The standard InChI is InChI=1S/C21H14BN3S/c1-2-7-15(8-3-1)24-17-10-4-5-11-18(17)25-19-12-14-26-21(19)20-16(22(24)25)9-6-13-23-20/h1-14H. The van der Waals surface area contributed by atoms with Crippen LogP contribution in [-0.4, -0.2) is 12.0 Å². The summed E-state index contributed by atoms with van der Waals surface area (Å²) >= 11 is 1.77. The molecule has 26 heavy (non-hydrogen) atoms. The van der Waals surface area contributed by atoms with Crippen LogP contribution in [0.3, 0.4) is 0 Å². The molecule has 2 aromatic heterocycles. The first kappa shape index (κ1) is 14.2. The zero-order chi connectivity index (χ0) is 17.1. The van der Waals surface area contributed by atoms with Crippen molar-refractivity contribution in [3.8, 4) is 10.6 Å². The summed E-state index contributed by atoms with van der Waals surface area (Å²) in [6.07, 6.45) is 1.90. The van der Waals surface area contributed by atoms with E-state index in [-0.39, 0.29) is 6.98 Å². The van der Waals surface area contributed by atoms with Gasteiger partial charge in [-0.1, -0.05) is 36.4 Å². The molecule has 6 rings (SSSR count). The molecule has 0 unspecified atom stereocenters. The van der Waals surface area contributed by atoms with Crippen LogP contribution < -0.4 is 15.1 Å². The van der Waals surface area contributed by atoms with Gasteiger partial charge in [-0.05, 0) is 47.2 Å². The smallest absolute Gasteiger partial charge is 0.360 e. The number of anilines is 4. The Balaban J connectivity index is 1.69. The van der Waals surface area contributed by atoms with Crippen molar-refractivity contribution in [1.29, 1.82) is 0 Å². The second-order valence-corrected chi connectivity index (χ2v) is 7.43. The summed E-state index contributed by atoms with van der Waals surface area (Å²) in [5.41, 5.74) is 7.28. The van der Waals surface area contributed by atoms with Crippen LogP contribution in [0.2, 0.25) is 0 Å². The van der Waals surface area contributed by atoms with E-state index in [9.17, 15) is 0 Å². The molecule has 2 aliphatic heterocycles. The highest BCUT2D eigenvalue weighted by molar-refractivity contribution is 7.15. The van der Waals surface area contributed by atoms with E-state index < -0.39 is 0 Å². The fraction of sp³-hybridized carbons (Fsp3) is 0. The SMILES string of the molecule is c1ccc(N2B3c4cccnc4-c4sccc4N3c3ccccc32)cc1. The van der Waals surface area contributed by atoms with E-state index in [1.165, 1.54) is 33.1 Å². The summed E-state index contributed by atoms with van der Waals surface area (Å²) < 4.78 is 0. The van der Waals surface area contributed by atoms with Crippen molar-refractivity contribution in [3.05, 3.63) is 84.4 Å². The molecule has 0 radical (unpaired) electrons. The van der Waals surface area contributed by atoms with Gasteiger partial charge < -0.3 is 9.62 Å². The van der Waals surface area contributed by atoms with Crippen LogP contribution in [0, 0.1) is 0 Å². The second kappa shape index (κ2) is 5.22. The van der Waals surface area contributed by atoms with Gasteiger partial charge in [0.05, 0.1) is 27.6 Å². The minimum absolute atomic E-state index is 0.0839. The van der Waals surface area contributed by atoms with Gasteiger partial charge in [-0.15, -0.1) is 11.3 Å². The third kappa shape index (κ3) is 1.75. The minimum Gasteiger partial charge on any atom is -0.360 e. The topological polar surface area (TPSA) is 19.4 Å². The van der Waals surface area contributed by atoms with Gasteiger partial charge in [0.25, 0.3) is 0 Å². The van der Waals surface area contributed by atoms with Gasteiger partial charge in [0.1, 0.15) is 0 Å². The maximum Gasteiger partial charge on any atom is 0.423 e. The van der Waals surface area contributed by atoms with Gasteiger partial charge in [-0.25, -0.2) is 0 Å². The average molecular weight is 351 g/mol. The summed E-state index contributed by atoms with van der Waals surface area (Å²) in [4.78, 5) is 10.9. The summed E-state index contributed by atoms with van der Waals surface area (Å²) in [7, 11) is 0. The van der Waals surface area contributed by atoms with E-state index in [2.05, 4.69) is 81.7 Å². The Morgan fingerprint density at radius 3 is 2.35 bits per heavy atom. The van der Waals surface area contributed by atoms with E-state index in [1.54, 1.807) is 11.3 Å². The number of pyridine rings is 1. The van der Waals surface area contributed by atoms with E-state index in [4.69, 9.17) is 4.98 Å². The molecule has 5 heteroatoms. The molecule has 0 spiro atoms. The molecular formula is C21H14BN3S. The first-order valence-corrected chi connectivity index (χ1v) is 9.57. The molecule has 0 fully saturated rings. The number of fused-ring (bicyclic) bond motifs is 8. The third-order valence-corrected chi connectivity index (χ3v) is 6.07. The van der Waals surface area contributed by atoms with Gasteiger partial charge in [-0.3, -0.25) is 4.98 Å². The van der Waals surface area contributed by atoms with Crippen LogP contribution in [0.1, 0.15) is 0 Å². The number of aromatic nitrogens is 1. The molecule has 0 saturated heterocycles. The van der Waals surface area contributed by atoms with Gasteiger partial charge >= 0.3 is 6.98 Å². The van der Waals surface area contributed by atoms with Crippen molar-refractivity contribution >= 4 is 46.5 Å². The van der Waals surface area contributed by atoms with Crippen molar-refractivity contribution in [2.45, 2.75) is 0 Å². The summed E-state index contributed by atoms with van der Waals surface area (Å²) in [6.45, 7) is 0.0839. The Labute approximate surface area is 156 Å². The summed E-state index contributed by atoms with van der Waals surface area (Å²) in [5.74, 6) is 0. The number of para-hydroxylation sites is 3. The van der Waals surface area contributed by atoms with Crippen LogP contribution in [0.5, 0.6) is 0 Å². The fourth-order valence-corrected chi connectivity index (χ4v) is 5.05. The third-order valence-electron chi connectivity index (χ3n) is 5.16. The maximum atomic E-state index is 4.74. The first-order chi connectivity index (χ1) is 12.9. The summed E-state index contributed by atoms with van der Waals surface area (Å²) in [6, 6.07) is 25.8. The monoisotopic (exact) mass is 351 g/mol. The molecule has 4 aromatic rings. The highest BCUT2D eigenvalue weighted by atomic mass is 32.1. The normalized spacial score (nSPS) is 13.9. The van der Waals surface area contributed by atoms with E-state index >= 15 is 0 Å². The zero-order valence-corrected chi connectivity index (χ0v) is 14.7. The predicted octanol–water partition coefficient (Wildman–Crippen LogP) is 4.81. The van der Waals surface area contributed by atoms with Gasteiger partial charge in [0.2, 0.25) is 0 Å². The Morgan fingerprint density at radius 1 is 0.731 bits per heavy atom. The Kier molecular flexibility index (Phi) is 2.85. The molecule has 0 atom stereocenters. The molecule has 0 amide bonds. The zero-order valence-electron chi connectivity index (χ0n) is 13.9. The number of nitrogens with zero attached hydrogens (tertiary/aromatic N) is 3. The number of rotatable bonds is 1. The van der Waals surface area contributed by atoms with Crippen molar-refractivity contribution in [3.63, 3.8) is 0 Å². The predicted molar refractivity (Wildman–Crippen MR) is 110 cm³/mol. The first-order valence-electron chi connectivity index (χ1n) is 8.69. The largest absolute Gasteiger partial charge is 0.423 e. The Hall–Kier alpha value is -3.05.